The Hall–Kier alpha value is -0.750. The minimum atomic E-state index is -0.751. The standard InChI is InChI=1S/C9H19N3O2S/c1-5(2)3-6(10)9(14)12-7(4-15)8(11)13/h5-7,15H,3-4,10H2,1-2H3,(H2,11,13)(H,12,14)/t6-,7-/m0/s1. The van der Waals surface area contributed by atoms with Crippen molar-refractivity contribution in [3.63, 3.8) is 0 Å². The van der Waals surface area contributed by atoms with Crippen molar-refractivity contribution >= 4 is 24.4 Å². The van der Waals surface area contributed by atoms with Gasteiger partial charge in [-0.05, 0) is 12.3 Å². The molecule has 0 unspecified atom stereocenters. The topological polar surface area (TPSA) is 98.2 Å². The van der Waals surface area contributed by atoms with E-state index in [-0.39, 0.29) is 11.7 Å². The lowest BCUT2D eigenvalue weighted by Gasteiger charge is -2.17. The van der Waals surface area contributed by atoms with Gasteiger partial charge in [-0.3, -0.25) is 9.59 Å². The first-order valence-electron chi connectivity index (χ1n) is 4.84. The highest BCUT2D eigenvalue weighted by Crippen LogP contribution is 2.02. The Kier molecular flexibility index (Phi) is 6.35. The zero-order valence-electron chi connectivity index (χ0n) is 9.06. The van der Waals surface area contributed by atoms with Crippen LogP contribution < -0.4 is 16.8 Å². The van der Waals surface area contributed by atoms with E-state index in [1.165, 1.54) is 0 Å². The van der Waals surface area contributed by atoms with Gasteiger partial charge in [0.05, 0.1) is 6.04 Å². The van der Waals surface area contributed by atoms with Crippen molar-refractivity contribution in [2.24, 2.45) is 17.4 Å². The number of primary amides is 1. The molecule has 0 bridgehead atoms. The smallest absolute Gasteiger partial charge is 0.240 e. The third-order valence-electron chi connectivity index (χ3n) is 1.90. The monoisotopic (exact) mass is 233 g/mol. The van der Waals surface area contributed by atoms with E-state index in [0.29, 0.717) is 12.3 Å². The fourth-order valence-electron chi connectivity index (χ4n) is 1.10. The van der Waals surface area contributed by atoms with Crippen LogP contribution >= 0.6 is 12.6 Å². The zero-order chi connectivity index (χ0) is 12.0. The average molecular weight is 233 g/mol. The van der Waals surface area contributed by atoms with Gasteiger partial charge in [-0.15, -0.1) is 0 Å². The fraction of sp³-hybridized carbons (Fsp3) is 0.778. The molecule has 0 aliphatic rings. The molecule has 0 spiro atoms. The number of amides is 2. The summed E-state index contributed by atoms with van der Waals surface area (Å²) in [4.78, 5) is 22.3. The summed E-state index contributed by atoms with van der Waals surface area (Å²) in [6, 6.07) is -1.36. The lowest BCUT2D eigenvalue weighted by molar-refractivity contribution is -0.127. The summed E-state index contributed by atoms with van der Waals surface area (Å²) in [6.45, 7) is 3.94. The minimum absolute atomic E-state index is 0.176. The van der Waals surface area contributed by atoms with Gasteiger partial charge < -0.3 is 16.8 Å². The summed E-state index contributed by atoms with van der Waals surface area (Å²) in [5, 5.41) is 2.46. The second kappa shape index (κ2) is 6.68. The van der Waals surface area contributed by atoms with Gasteiger partial charge in [0.15, 0.2) is 0 Å². The Morgan fingerprint density at radius 1 is 1.40 bits per heavy atom. The second-order valence-corrected chi connectivity index (χ2v) is 4.25. The number of nitrogens with one attached hydrogen (secondary N) is 1. The highest BCUT2D eigenvalue weighted by molar-refractivity contribution is 7.80. The summed E-state index contributed by atoms with van der Waals surface area (Å²) in [6.07, 6.45) is 0.573. The van der Waals surface area contributed by atoms with Crippen LogP contribution in [0.3, 0.4) is 0 Å². The number of thiol groups is 1. The van der Waals surface area contributed by atoms with Gasteiger partial charge in [0.25, 0.3) is 0 Å². The Balaban J connectivity index is 4.16. The van der Waals surface area contributed by atoms with Gasteiger partial charge in [0, 0.05) is 5.75 Å². The Morgan fingerprint density at radius 3 is 2.27 bits per heavy atom. The summed E-state index contributed by atoms with van der Waals surface area (Å²) in [7, 11) is 0. The maximum Gasteiger partial charge on any atom is 0.240 e. The van der Waals surface area contributed by atoms with Crippen LogP contribution in [0.4, 0.5) is 0 Å². The molecule has 0 aromatic heterocycles. The van der Waals surface area contributed by atoms with E-state index in [0.717, 1.165) is 0 Å². The summed E-state index contributed by atoms with van der Waals surface area (Å²) >= 11 is 3.91. The van der Waals surface area contributed by atoms with E-state index >= 15 is 0 Å². The van der Waals surface area contributed by atoms with Crippen molar-refractivity contribution in [1.82, 2.24) is 5.32 Å². The molecule has 5 nitrogen and oxygen atoms in total. The SMILES string of the molecule is CC(C)C[C@H](N)C(=O)N[C@@H](CS)C(N)=O. The summed E-state index contributed by atoms with van der Waals surface area (Å²) < 4.78 is 0. The quantitative estimate of drug-likeness (QED) is 0.455. The molecule has 0 aliphatic carbocycles. The summed E-state index contributed by atoms with van der Waals surface area (Å²) in [5.41, 5.74) is 10.7. The molecule has 0 saturated heterocycles. The number of carbonyl (C=O) groups excluding carboxylic acids is 2. The third-order valence-corrected chi connectivity index (χ3v) is 2.27. The molecule has 2 amide bonds. The summed E-state index contributed by atoms with van der Waals surface area (Å²) in [5.74, 6) is -0.458. The van der Waals surface area contributed by atoms with Gasteiger partial charge in [-0.25, -0.2) is 0 Å². The van der Waals surface area contributed by atoms with Crippen LogP contribution in [0.15, 0.2) is 0 Å². The van der Waals surface area contributed by atoms with E-state index in [2.05, 4.69) is 17.9 Å². The molecule has 0 heterocycles. The van der Waals surface area contributed by atoms with Crippen LogP contribution in [0.1, 0.15) is 20.3 Å². The molecular weight excluding hydrogens is 214 g/mol. The van der Waals surface area contributed by atoms with Crippen LogP contribution in [0.25, 0.3) is 0 Å². The van der Waals surface area contributed by atoms with Crippen LogP contribution in [0, 0.1) is 5.92 Å². The van der Waals surface area contributed by atoms with Crippen LogP contribution in [-0.4, -0.2) is 29.7 Å². The molecule has 0 aliphatic heterocycles. The van der Waals surface area contributed by atoms with E-state index in [4.69, 9.17) is 11.5 Å². The Morgan fingerprint density at radius 2 is 1.93 bits per heavy atom. The Labute approximate surface area is 95.4 Å². The van der Waals surface area contributed by atoms with Gasteiger partial charge in [-0.2, -0.15) is 12.6 Å². The first kappa shape index (κ1) is 14.2. The van der Waals surface area contributed by atoms with Crippen LogP contribution in [0.5, 0.6) is 0 Å². The van der Waals surface area contributed by atoms with Gasteiger partial charge in [-0.1, -0.05) is 13.8 Å². The molecule has 0 radical (unpaired) electrons. The molecule has 88 valence electrons. The molecule has 15 heavy (non-hydrogen) atoms. The predicted molar refractivity (Wildman–Crippen MR) is 62.4 cm³/mol. The molecule has 5 N–H and O–H groups in total. The second-order valence-electron chi connectivity index (χ2n) is 3.88. The third kappa shape index (κ3) is 5.64. The largest absolute Gasteiger partial charge is 0.368 e. The molecule has 0 saturated carbocycles. The van der Waals surface area contributed by atoms with E-state index in [9.17, 15) is 9.59 Å². The first-order valence-corrected chi connectivity index (χ1v) is 5.47. The van der Waals surface area contributed by atoms with Crippen molar-refractivity contribution in [3.8, 4) is 0 Å². The highest BCUT2D eigenvalue weighted by atomic mass is 32.1. The molecule has 0 rings (SSSR count). The van der Waals surface area contributed by atoms with E-state index < -0.39 is 18.0 Å². The van der Waals surface area contributed by atoms with E-state index in [1.807, 2.05) is 13.8 Å². The van der Waals surface area contributed by atoms with Crippen molar-refractivity contribution in [3.05, 3.63) is 0 Å². The van der Waals surface area contributed by atoms with Crippen LogP contribution in [0.2, 0.25) is 0 Å². The lowest BCUT2D eigenvalue weighted by atomic mass is 10.0. The molecule has 0 fully saturated rings. The van der Waals surface area contributed by atoms with Gasteiger partial charge in [0.2, 0.25) is 11.8 Å². The fourth-order valence-corrected chi connectivity index (χ4v) is 1.37. The van der Waals surface area contributed by atoms with Crippen molar-refractivity contribution in [1.29, 1.82) is 0 Å². The maximum absolute atomic E-state index is 11.5. The zero-order valence-corrected chi connectivity index (χ0v) is 9.96. The van der Waals surface area contributed by atoms with E-state index in [1.54, 1.807) is 0 Å². The minimum Gasteiger partial charge on any atom is -0.368 e. The Bertz CT molecular complexity index is 233. The normalized spacial score (nSPS) is 14.7. The molecule has 0 aromatic carbocycles. The van der Waals surface area contributed by atoms with Crippen LogP contribution in [-0.2, 0) is 9.59 Å². The predicted octanol–water partition coefficient (Wildman–Crippen LogP) is -0.740. The molecular formula is C9H19N3O2S. The number of nitrogens with two attached hydrogens (primary N) is 2. The lowest BCUT2D eigenvalue weighted by Crippen LogP contribution is -2.51. The van der Waals surface area contributed by atoms with Gasteiger partial charge >= 0.3 is 0 Å². The number of hydrogen-bond donors (Lipinski definition) is 4. The van der Waals surface area contributed by atoms with Crippen molar-refractivity contribution in [2.45, 2.75) is 32.4 Å². The molecule has 0 aromatic rings. The number of carbonyl (C=O) groups is 2. The number of rotatable bonds is 6. The van der Waals surface area contributed by atoms with Gasteiger partial charge in [0.1, 0.15) is 6.04 Å². The average Bonchev–Trinajstić information content (AvgIpc) is 2.11. The highest BCUT2D eigenvalue weighted by Gasteiger charge is 2.21. The molecule has 2 atom stereocenters. The first-order chi connectivity index (χ1) is 6.88. The molecule has 6 heteroatoms. The van der Waals surface area contributed by atoms with Crippen molar-refractivity contribution < 1.29 is 9.59 Å². The maximum atomic E-state index is 11.5. The van der Waals surface area contributed by atoms with Crippen molar-refractivity contribution in [2.75, 3.05) is 5.75 Å². The number of hydrogen-bond acceptors (Lipinski definition) is 4.